The topological polar surface area (TPSA) is 71.2 Å². The van der Waals surface area contributed by atoms with E-state index in [-0.39, 0.29) is 5.75 Å². The van der Waals surface area contributed by atoms with Crippen LogP contribution in [0.2, 0.25) is 0 Å². The zero-order valence-electron chi connectivity index (χ0n) is 12.1. The molecule has 1 saturated heterocycles. The van der Waals surface area contributed by atoms with Crippen molar-refractivity contribution in [3.8, 4) is 0 Å². The van der Waals surface area contributed by atoms with Gasteiger partial charge in [0, 0.05) is 13.0 Å². The van der Waals surface area contributed by atoms with E-state index in [1.54, 1.807) is 0 Å². The molecule has 1 atom stereocenters. The maximum Gasteiger partial charge on any atom is 0.313 e. The summed E-state index contributed by atoms with van der Waals surface area (Å²) in [6.45, 7) is 4.23. The third kappa shape index (κ3) is 3.73. The lowest BCUT2D eigenvalue weighted by molar-refractivity contribution is -0.133. The monoisotopic (exact) mass is 298 g/mol. The van der Waals surface area contributed by atoms with Crippen molar-refractivity contribution >= 4 is 17.7 Å². The average Bonchev–Trinajstić information content (AvgIpc) is 2.80. The van der Waals surface area contributed by atoms with Gasteiger partial charge in [-0.05, 0) is 32.9 Å². The number of piperidine rings is 1. The Morgan fingerprint density at radius 3 is 2.95 bits per heavy atom. The van der Waals surface area contributed by atoms with Crippen molar-refractivity contribution in [2.75, 3.05) is 25.9 Å². The highest BCUT2D eigenvalue weighted by atomic mass is 32.2. The molecule has 1 N–H and O–H groups in total. The van der Waals surface area contributed by atoms with Crippen LogP contribution in [0.1, 0.15) is 38.1 Å². The number of nitrogens with zero attached hydrogens (tertiary/aromatic N) is 4. The molecule has 7 heteroatoms. The third-order valence-corrected chi connectivity index (χ3v) is 4.43. The van der Waals surface area contributed by atoms with Gasteiger partial charge in [0.1, 0.15) is 5.82 Å². The molecule has 2 rings (SSSR count). The summed E-state index contributed by atoms with van der Waals surface area (Å²) >= 11 is 1.27. The lowest BCUT2D eigenvalue weighted by Crippen LogP contribution is -2.34. The standard InChI is InChI=1S/C13H22N4O2S/c1-3-5-11-14-15-13(20-9-12(18)19)17(11)10-6-4-7-16(2)8-10/h10H,3-9H2,1-2H3,(H,18,19). The molecule has 0 spiro atoms. The van der Waals surface area contributed by atoms with Gasteiger partial charge in [0.2, 0.25) is 0 Å². The first-order valence-corrected chi connectivity index (χ1v) is 8.07. The van der Waals surface area contributed by atoms with E-state index < -0.39 is 5.97 Å². The van der Waals surface area contributed by atoms with Crippen LogP contribution in [-0.2, 0) is 11.2 Å². The summed E-state index contributed by atoms with van der Waals surface area (Å²) in [6.07, 6.45) is 4.18. The number of hydrogen-bond donors (Lipinski definition) is 1. The molecule has 1 aliphatic heterocycles. The van der Waals surface area contributed by atoms with E-state index in [1.807, 2.05) is 0 Å². The number of likely N-dealkylation sites (N-methyl/N-ethyl adjacent to an activating group) is 1. The molecule has 0 amide bonds. The number of aromatic nitrogens is 3. The van der Waals surface area contributed by atoms with Crippen LogP contribution in [0.5, 0.6) is 0 Å². The number of aryl methyl sites for hydroxylation is 1. The Bertz CT molecular complexity index is 463. The maximum absolute atomic E-state index is 10.8. The Morgan fingerprint density at radius 2 is 2.30 bits per heavy atom. The van der Waals surface area contributed by atoms with Crippen molar-refractivity contribution in [3.63, 3.8) is 0 Å². The maximum atomic E-state index is 10.8. The molecule has 0 aromatic carbocycles. The van der Waals surface area contributed by atoms with Gasteiger partial charge >= 0.3 is 5.97 Å². The summed E-state index contributed by atoms with van der Waals surface area (Å²) < 4.78 is 2.17. The first kappa shape index (κ1) is 15.3. The number of thioether (sulfide) groups is 1. The second-order valence-electron chi connectivity index (χ2n) is 5.26. The van der Waals surface area contributed by atoms with Crippen molar-refractivity contribution in [2.45, 2.75) is 43.8 Å². The van der Waals surface area contributed by atoms with Gasteiger partial charge in [0.25, 0.3) is 0 Å². The van der Waals surface area contributed by atoms with Crippen molar-refractivity contribution in [2.24, 2.45) is 0 Å². The highest BCUT2D eigenvalue weighted by Crippen LogP contribution is 2.28. The number of carboxylic acid groups (broad SMARTS) is 1. The van der Waals surface area contributed by atoms with E-state index in [0.717, 1.165) is 49.8 Å². The molecule has 2 heterocycles. The van der Waals surface area contributed by atoms with Gasteiger partial charge in [0.15, 0.2) is 5.16 Å². The number of rotatable bonds is 6. The molecular weight excluding hydrogens is 276 g/mol. The fourth-order valence-electron chi connectivity index (χ4n) is 2.64. The SMILES string of the molecule is CCCc1nnc(SCC(=O)O)n1C1CCCN(C)C1. The van der Waals surface area contributed by atoms with E-state index in [9.17, 15) is 4.79 Å². The molecule has 1 aliphatic rings. The highest BCUT2D eigenvalue weighted by Gasteiger charge is 2.24. The van der Waals surface area contributed by atoms with E-state index >= 15 is 0 Å². The van der Waals surface area contributed by atoms with Crippen LogP contribution in [0.15, 0.2) is 5.16 Å². The summed E-state index contributed by atoms with van der Waals surface area (Å²) in [5, 5.41) is 18.1. The molecule has 0 saturated carbocycles. The van der Waals surface area contributed by atoms with Gasteiger partial charge in [-0.1, -0.05) is 18.7 Å². The van der Waals surface area contributed by atoms with Crippen LogP contribution in [0.3, 0.4) is 0 Å². The average molecular weight is 298 g/mol. The zero-order chi connectivity index (χ0) is 14.5. The summed E-state index contributed by atoms with van der Waals surface area (Å²) in [5.74, 6) is 0.204. The molecule has 1 aromatic heterocycles. The Kier molecular flexibility index (Phi) is 5.42. The van der Waals surface area contributed by atoms with E-state index in [0.29, 0.717) is 6.04 Å². The van der Waals surface area contributed by atoms with Crippen molar-refractivity contribution < 1.29 is 9.90 Å². The van der Waals surface area contributed by atoms with Crippen LogP contribution in [0, 0.1) is 0 Å². The van der Waals surface area contributed by atoms with Crippen LogP contribution in [-0.4, -0.2) is 56.6 Å². The number of hydrogen-bond acceptors (Lipinski definition) is 5. The minimum absolute atomic E-state index is 0.0345. The molecule has 0 bridgehead atoms. The molecule has 1 fully saturated rings. The van der Waals surface area contributed by atoms with Crippen LogP contribution in [0.25, 0.3) is 0 Å². The summed E-state index contributed by atoms with van der Waals surface area (Å²) in [7, 11) is 2.13. The molecule has 112 valence electrons. The third-order valence-electron chi connectivity index (χ3n) is 3.50. The van der Waals surface area contributed by atoms with Crippen molar-refractivity contribution in [3.05, 3.63) is 5.82 Å². The van der Waals surface area contributed by atoms with Crippen LogP contribution < -0.4 is 0 Å². The smallest absolute Gasteiger partial charge is 0.313 e. The van der Waals surface area contributed by atoms with Gasteiger partial charge in [-0.3, -0.25) is 4.79 Å². The van der Waals surface area contributed by atoms with Gasteiger partial charge in [-0.2, -0.15) is 0 Å². The molecule has 0 radical (unpaired) electrons. The largest absolute Gasteiger partial charge is 0.481 e. The summed E-state index contributed by atoms with van der Waals surface area (Å²) in [6, 6.07) is 0.363. The van der Waals surface area contributed by atoms with Gasteiger partial charge in [-0.15, -0.1) is 10.2 Å². The van der Waals surface area contributed by atoms with Crippen LogP contribution in [0.4, 0.5) is 0 Å². The van der Waals surface area contributed by atoms with E-state index in [2.05, 4.69) is 33.6 Å². The van der Waals surface area contributed by atoms with Crippen LogP contribution >= 0.6 is 11.8 Å². The fraction of sp³-hybridized carbons (Fsp3) is 0.769. The molecule has 20 heavy (non-hydrogen) atoms. The Morgan fingerprint density at radius 1 is 1.50 bits per heavy atom. The Labute approximate surface area is 123 Å². The first-order chi connectivity index (χ1) is 9.61. The predicted molar refractivity (Wildman–Crippen MR) is 78.1 cm³/mol. The first-order valence-electron chi connectivity index (χ1n) is 7.08. The van der Waals surface area contributed by atoms with Gasteiger partial charge in [-0.25, -0.2) is 0 Å². The quantitative estimate of drug-likeness (QED) is 0.806. The van der Waals surface area contributed by atoms with Crippen molar-refractivity contribution in [1.29, 1.82) is 0 Å². The second kappa shape index (κ2) is 7.08. The number of likely N-dealkylation sites (tertiary alicyclic amines) is 1. The van der Waals surface area contributed by atoms with E-state index in [4.69, 9.17) is 5.11 Å². The predicted octanol–water partition coefficient (Wildman–Crippen LogP) is 1.67. The van der Waals surface area contributed by atoms with Gasteiger partial charge in [0.05, 0.1) is 11.8 Å². The summed E-state index contributed by atoms with van der Waals surface area (Å²) in [4.78, 5) is 13.1. The lowest BCUT2D eigenvalue weighted by Gasteiger charge is -2.31. The zero-order valence-corrected chi connectivity index (χ0v) is 12.9. The minimum Gasteiger partial charge on any atom is -0.481 e. The number of aliphatic carboxylic acids is 1. The van der Waals surface area contributed by atoms with Gasteiger partial charge < -0.3 is 14.6 Å². The minimum atomic E-state index is -0.817. The molecule has 6 nitrogen and oxygen atoms in total. The van der Waals surface area contributed by atoms with E-state index in [1.165, 1.54) is 11.8 Å². The molecule has 1 unspecified atom stereocenters. The number of carboxylic acids is 1. The second-order valence-corrected chi connectivity index (χ2v) is 6.20. The summed E-state index contributed by atoms with van der Waals surface area (Å²) in [5.41, 5.74) is 0. The Balaban J connectivity index is 2.21. The van der Waals surface area contributed by atoms with Crippen molar-refractivity contribution in [1.82, 2.24) is 19.7 Å². The normalized spacial score (nSPS) is 20.2. The fourth-order valence-corrected chi connectivity index (χ4v) is 3.39. The molecule has 0 aliphatic carbocycles. The Hall–Kier alpha value is -1.08. The number of carbonyl (C=O) groups is 1. The lowest BCUT2D eigenvalue weighted by atomic mass is 10.1. The molecular formula is C13H22N4O2S. The molecule has 1 aromatic rings. The highest BCUT2D eigenvalue weighted by molar-refractivity contribution is 7.99.